The second kappa shape index (κ2) is 8.24. The van der Waals surface area contributed by atoms with E-state index in [0.717, 1.165) is 24.8 Å². The average Bonchev–Trinajstić information content (AvgIpc) is 3.53. The Morgan fingerprint density at radius 2 is 2.12 bits per heavy atom. The molecule has 5 rings (SSSR count). The number of hydrogen-bond acceptors (Lipinski definition) is 5. The molecule has 174 valence electrons. The number of allylic oxidation sites excluding steroid dienone is 4. The lowest BCUT2D eigenvalue weighted by atomic mass is 10.0. The van der Waals surface area contributed by atoms with E-state index in [1.165, 1.54) is 12.8 Å². The standard InChI is InChI=1S/C25H30N4O4/c1-14(33-20-11-12-26-23-17(20)8-10-21(31)28-23)7-9-19(30)15(2)22-18-13-25(18,22)29-24(32)27-16-5-3-4-6-16/h7,9,11-12,16,18,22,30H,2-6,8,10,13H2,1H3,(H,26,28,31)(H2,27,29,32)/b14-7+,19-9+/t18-,22+,25-/m0/s1. The van der Waals surface area contributed by atoms with Gasteiger partial charge in [-0.1, -0.05) is 19.4 Å². The SMILES string of the molecule is C=C(/C(O)=C\C=C(/C)Oc1ccnc2c1CCC(=O)N2)[C@@H]1[C@@H]2C[C@@]12NC(=O)NC1CCCC1. The lowest BCUT2D eigenvalue weighted by Gasteiger charge is -2.19. The molecular weight excluding hydrogens is 420 g/mol. The maximum atomic E-state index is 12.3. The summed E-state index contributed by atoms with van der Waals surface area (Å²) in [5.41, 5.74) is 1.27. The highest BCUT2D eigenvalue weighted by atomic mass is 16.5. The first-order valence-corrected chi connectivity index (χ1v) is 11.7. The van der Waals surface area contributed by atoms with Gasteiger partial charge in [0.15, 0.2) is 0 Å². The molecule has 0 saturated heterocycles. The zero-order chi connectivity index (χ0) is 23.2. The van der Waals surface area contributed by atoms with E-state index in [4.69, 9.17) is 4.74 Å². The molecule has 33 heavy (non-hydrogen) atoms. The first-order valence-electron chi connectivity index (χ1n) is 11.7. The molecule has 3 atom stereocenters. The van der Waals surface area contributed by atoms with Crippen LogP contribution in [0.25, 0.3) is 0 Å². The number of carbonyl (C=O) groups excluding carboxylic acids is 2. The normalized spacial score (nSPS) is 28.3. The number of fused-ring (bicyclic) bond motifs is 2. The number of nitrogens with one attached hydrogen (secondary N) is 3. The third-order valence-electron chi connectivity index (χ3n) is 7.27. The Hall–Kier alpha value is -3.29. The maximum Gasteiger partial charge on any atom is 0.315 e. The highest BCUT2D eigenvalue weighted by molar-refractivity contribution is 5.93. The van der Waals surface area contributed by atoms with Crippen molar-refractivity contribution in [3.05, 3.63) is 53.6 Å². The number of nitrogens with zero attached hydrogens (tertiary/aromatic N) is 1. The average molecular weight is 451 g/mol. The molecule has 8 nitrogen and oxygen atoms in total. The van der Waals surface area contributed by atoms with Crippen LogP contribution in [-0.2, 0) is 11.2 Å². The van der Waals surface area contributed by atoms with Gasteiger partial charge in [0, 0.05) is 30.1 Å². The summed E-state index contributed by atoms with van der Waals surface area (Å²) < 4.78 is 5.94. The summed E-state index contributed by atoms with van der Waals surface area (Å²) in [5.74, 6) is 2.24. The quantitative estimate of drug-likeness (QED) is 0.372. The molecule has 0 bridgehead atoms. The van der Waals surface area contributed by atoms with E-state index in [-0.39, 0.29) is 35.2 Å². The van der Waals surface area contributed by atoms with Gasteiger partial charge in [-0.25, -0.2) is 9.78 Å². The summed E-state index contributed by atoms with van der Waals surface area (Å²) in [5, 5.41) is 19.5. The molecule has 3 fully saturated rings. The van der Waals surface area contributed by atoms with Gasteiger partial charge in [0.1, 0.15) is 23.1 Å². The fourth-order valence-corrected chi connectivity index (χ4v) is 5.21. The van der Waals surface area contributed by atoms with Gasteiger partial charge in [0.25, 0.3) is 0 Å². The molecule has 8 heteroatoms. The molecule has 0 spiro atoms. The van der Waals surface area contributed by atoms with Gasteiger partial charge in [-0.2, -0.15) is 0 Å². The number of hydrogen-bond donors (Lipinski definition) is 4. The molecule has 1 aromatic rings. The van der Waals surface area contributed by atoms with Crippen LogP contribution in [-0.4, -0.2) is 33.6 Å². The Balaban J connectivity index is 1.17. The van der Waals surface area contributed by atoms with Crippen molar-refractivity contribution in [3.63, 3.8) is 0 Å². The molecule has 2 heterocycles. The molecule has 3 saturated carbocycles. The van der Waals surface area contributed by atoms with Gasteiger partial charge < -0.3 is 25.8 Å². The molecule has 1 aromatic heterocycles. The minimum absolute atomic E-state index is 0.0489. The summed E-state index contributed by atoms with van der Waals surface area (Å²) in [7, 11) is 0. The summed E-state index contributed by atoms with van der Waals surface area (Å²) in [6, 6.07) is 1.94. The number of carbonyl (C=O) groups is 2. The van der Waals surface area contributed by atoms with Crippen LogP contribution in [0.3, 0.4) is 0 Å². The van der Waals surface area contributed by atoms with Gasteiger partial charge >= 0.3 is 6.03 Å². The minimum Gasteiger partial charge on any atom is -0.508 e. The van der Waals surface area contributed by atoms with E-state index in [1.54, 1.807) is 31.3 Å². The molecule has 0 unspecified atom stereocenters. The Morgan fingerprint density at radius 3 is 2.88 bits per heavy atom. The lowest BCUT2D eigenvalue weighted by molar-refractivity contribution is -0.116. The van der Waals surface area contributed by atoms with Gasteiger partial charge in [-0.3, -0.25) is 4.79 Å². The highest BCUT2D eigenvalue weighted by Crippen LogP contribution is 2.74. The van der Waals surface area contributed by atoms with E-state index in [0.29, 0.717) is 41.7 Å². The summed E-state index contributed by atoms with van der Waals surface area (Å²) in [6.07, 6.45) is 11.2. The predicted octanol–water partition coefficient (Wildman–Crippen LogP) is 3.88. The first kappa shape index (κ1) is 21.6. The molecule has 0 aromatic carbocycles. The number of amides is 3. The fraction of sp³-hybridized carbons (Fsp3) is 0.480. The van der Waals surface area contributed by atoms with Gasteiger partial charge in [0.2, 0.25) is 5.91 Å². The van der Waals surface area contributed by atoms with Gasteiger partial charge in [-0.05, 0) is 62.3 Å². The molecule has 3 aliphatic carbocycles. The van der Waals surface area contributed by atoms with Crippen molar-refractivity contribution in [1.82, 2.24) is 15.6 Å². The first-order chi connectivity index (χ1) is 15.9. The van der Waals surface area contributed by atoms with E-state index in [2.05, 4.69) is 27.5 Å². The van der Waals surface area contributed by atoms with Gasteiger partial charge in [0.05, 0.1) is 5.54 Å². The van der Waals surface area contributed by atoms with Crippen molar-refractivity contribution in [1.29, 1.82) is 0 Å². The van der Waals surface area contributed by atoms with Crippen LogP contribution in [0.1, 0.15) is 51.0 Å². The smallest absolute Gasteiger partial charge is 0.315 e. The zero-order valence-corrected chi connectivity index (χ0v) is 18.8. The van der Waals surface area contributed by atoms with Crippen molar-refractivity contribution in [3.8, 4) is 5.75 Å². The van der Waals surface area contributed by atoms with Crippen molar-refractivity contribution in [2.24, 2.45) is 11.8 Å². The number of aliphatic hydroxyl groups is 1. The number of ether oxygens (including phenoxy) is 1. The number of rotatable bonds is 7. The third-order valence-corrected chi connectivity index (χ3v) is 7.27. The van der Waals surface area contributed by atoms with Crippen molar-refractivity contribution in [2.45, 2.75) is 63.5 Å². The van der Waals surface area contributed by atoms with Crippen LogP contribution in [0.15, 0.2) is 48.1 Å². The molecule has 4 aliphatic rings. The third kappa shape index (κ3) is 4.21. The van der Waals surface area contributed by atoms with Crippen LogP contribution in [0.4, 0.5) is 10.6 Å². The molecule has 4 N–H and O–H groups in total. The Bertz CT molecular complexity index is 1070. The second-order valence-electron chi connectivity index (χ2n) is 9.55. The lowest BCUT2D eigenvalue weighted by Crippen LogP contribution is -2.45. The maximum absolute atomic E-state index is 12.3. The Kier molecular flexibility index (Phi) is 5.38. The number of aromatic nitrogens is 1. The molecule has 1 aliphatic heterocycles. The molecular formula is C25H30N4O4. The van der Waals surface area contributed by atoms with E-state index < -0.39 is 0 Å². The van der Waals surface area contributed by atoms with E-state index >= 15 is 0 Å². The molecule has 3 amide bonds. The number of anilines is 1. The fourth-order valence-electron chi connectivity index (χ4n) is 5.21. The van der Waals surface area contributed by atoms with Crippen LogP contribution in [0.2, 0.25) is 0 Å². The van der Waals surface area contributed by atoms with Crippen LogP contribution in [0, 0.1) is 11.8 Å². The Labute approximate surface area is 193 Å². The van der Waals surface area contributed by atoms with Crippen LogP contribution >= 0.6 is 0 Å². The number of pyridine rings is 1. The predicted molar refractivity (Wildman–Crippen MR) is 124 cm³/mol. The minimum atomic E-state index is -0.239. The summed E-state index contributed by atoms with van der Waals surface area (Å²) >= 11 is 0. The largest absolute Gasteiger partial charge is 0.508 e. The van der Waals surface area contributed by atoms with Crippen molar-refractivity contribution in [2.75, 3.05) is 5.32 Å². The monoisotopic (exact) mass is 450 g/mol. The number of aliphatic hydroxyl groups excluding tert-OH is 1. The van der Waals surface area contributed by atoms with Crippen molar-refractivity contribution >= 4 is 17.8 Å². The zero-order valence-electron chi connectivity index (χ0n) is 18.8. The second-order valence-corrected chi connectivity index (χ2v) is 9.55. The number of urea groups is 1. The highest BCUT2D eigenvalue weighted by Gasteiger charge is 2.80. The molecule has 0 radical (unpaired) electrons. The van der Waals surface area contributed by atoms with E-state index in [9.17, 15) is 14.7 Å². The van der Waals surface area contributed by atoms with Gasteiger partial charge in [-0.15, -0.1) is 0 Å². The topological polar surface area (TPSA) is 113 Å². The van der Waals surface area contributed by atoms with Crippen LogP contribution < -0.4 is 20.7 Å². The summed E-state index contributed by atoms with van der Waals surface area (Å²) in [4.78, 5) is 28.1. The van der Waals surface area contributed by atoms with Crippen LogP contribution in [0.5, 0.6) is 5.75 Å². The van der Waals surface area contributed by atoms with Crippen molar-refractivity contribution < 1.29 is 19.4 Å². The summed E-state index contributed by atoms with van der Waals surface area (Å²) in [6.45, 7) is 5.87. The Morgan fingerprint density at radius 1 is 1.33 bits per heavy atom. The van der Waals surface area contributed by atoms with E-state index in [1.807, 2.05) is 0 Å².